The van der Waals surface area contributed by atoms with Crippen molar-refractivity contribution in [2.45, 2.75) is 27.7 Å². The Bertz CT molecular complexity index is 627. The lowest BCUT2D eigenvalue weighted by Gasteiger charge is -2.17. The minimum Gasteiger partial charge on any atom is -0.326 e. The molecule has 0 radical (unpaired) electrons. The molecular formula is C13H18N4OS. The fourth-order valence-corrected chi connectivity index (χ4v) is 2.54. The van der Waals surface area contributed by atoms with Crippen LogP contribution in [0.4, 0.5) is 10.8 Å². The van der Waals surface area contributed by atoms with E-state index in [1.54, 1.807) is 0 Å². The number of nitrogens with one attached hydrogen (secondary N) is 2. The van der Waals surface area contributed by atoms with Gasteiger partial charge in [-0.05, 0) is 24.6 Å². The molecule has 1 aromatic heterocycles. The minimum atomic E-state index is -0.416. The first-order valence-electron chi connectivity index (χ1n) is 6.00. The summed E-state index contributed by atoms with van der Waals surface area (Å²) in [6.07, 6.45) is 0. The molecule has 2 aromatic rings. The molecule has 1 heterocycles. The Morgan fingerprint density at radius 1 is 1.37 bits per heavy atom. The summed E-state index contributed by atoms with van der Waals surface area (Å²) in [5, 5.41) is 3.59. The van der Waals surface area contributed by atoms with E-state index in [0.717, 1.165) is 21.5 Å². The summed E-state index contributed by atoms with van der Waals surface area (Å²) in [4.78, 5) is 16.4. The minimum absolute atomic E-state index is 0.00654. The maximum atomic E-state index is 12.0. The maximum Gasteiger partial charge on any atom is 0.229 e. The number of aryl methyl sites for hydroxylation is 1. The fourth-order valence-electron chi connectivity index (χ4n) is 1.65. The maximum absolute atomic E-state index is 12.0. The van der Waals surface area contributed by atoms with Crippen molar-refractivity contribution in [3.8, 4) is 0 Å². The number of nitrogens with two attached hydrogens (primary N) is 1. The first-order chi connectivity index (χ1) is 8.81. The van der Waals surface area contributed by atoms with E-state index in [2.05, 4.69) is 15.7 Å². The lowest BCUT2D eigenvalue weighted by molar-refractivity contribution is -0.123. The number of hydrogen-bond acceptors (Lipinski definition) is 5. The summed E-state index contributed by atoms with van der Waals surface area (Å²) < 4.78 is 0.997. The lowest BCUT2D eigenvalue weighted by Crippen LogP contribution is -2.27. The number of thiazole rings is 1. The molecule has 102 valence electrons. The van der Waals surface area contributed by atoms with Crippen molar-refractivity contribution in [1.82, 2.24) is 4.98 Å². The summed E-state index contributed by atoms with van der Waals surface area (Å²) >= 11 is 1.46. The van der Waals surface area contributed by atoms with E-state index in [0.29, 0.717) is 5.13 Å². The molecule has 0 atom stereocenters. The predicted octanol–water partition coefficient (Wildman–Crippen LogP) is 2.87. The summed E-state index contributed by atoms with van der Waals surface area (Å²) in [7, 11) is 0. The average molecular weight is 278 g/mol. The second kappa shape index (κ2) is 4.79. The van der Waals surface area contributed by atoms with E-state index in [-0.39, 0.29) is 5.91 Å². The number of hydrogen-bond donors (Lipinski definition) is 3. The number of benzene rings is 1. The van der Waals surface area contributed by atoms with Crippen molar-refractivity contribution in [3.05, 3.63) is 17.7 Å². The summed E-state index contributed by atoms with van der Waals surface area (Å²) in [6, 6.07) is 3.84. The quantitative estimate of drug-likeness (QED) is 0.583. The summed E-state index contributed by atoms with van der Waals surface area (Å²) in [5.41, 5.74) is 4.84. The molecule has 0 aliphatic rings. The molecule has 6 heteroatoms. The second-order valence-electron chi connectivity index (χ2n) is 5.51. The molecule has 0 fully saturated rings. The molecule has 0 saturated carbocycles. The van der Waals surface area contributed by atoms with Crippen LogP contribution in [0.2, 0.25) is 0 Å². The molecule has 4 N–H and O–H groups in total. The molecule has 1 amide bonds. The van der Waals surface area contributed by atoms with E-state index in [1.807, 2.05) is 39.8 Å². The van der Waals surface area contributed by atoms with Crippen LogP contribution in [-0.2, 0) is 4.79 Å². The fraction of sp³-hybridized carbons (Fsp3) is 0.385. The van der Waals surface area contributed by atoms with Gasteiger partial charge in [0.1, 0.15) is 0 Å². The van der Waals surface area contributed by atoms with Crippen LogP contribution in [0.3, 0.4) is 0 Å². The van der Waals surface area contributed by atoms with Crippen molar-refractivity contribution in [2.75, 3.05) is 10.7 Å². The number of aromatic nitrogens is 1. The molecule has 0 aliphatic carbocycles. The van der Waals surface area contributed by atoms with Gasteiger partial charge in [-0.2, -0.15) is 0 Å². The van der Waals surface area contributed by atoms with Crippen LogP contribution >= 0.6 is 11.3 Å². The van der Waals surface area contributed by atoms with Crippen LogP contribution in [-0.4, -0.2) is 10.9 Å². The Morgan fingerprint density at radius 3 is 2.63 bits per heavy atom. The Hall–Kier alpha value is -1.66. The van der Waals surface area contributed by atoms with Crippen molar-refractivity contribution in [3.63, 3.8) is 0 Å². The van der Waals surface area contributed by atoms with Crippen LogP contribution in [0.25, 0.3) is 10.2 Å². The molecule has 0 unspecified atom stereocenters. The van der Waals surface area contributed by atoms with Crippen LogP contribution < -0.4 is 16.6 Å². The third-order valence-corrected chi connectivity index (χ3v) is 3.68. The second-order valence-corrected chi connectivity index (χ2v) is 6.54. The van der Waals surface area contributed by atoms with Crippen LogP contribution in [0, 0.1) is 12.3 Å². The van der Waals surface area contributed by atoms with Crippen LogP contribution in [0.5, 0.6) is 0 Å². The molecule has 0 spiro atoms. The van der Waals surface area contributed by atoms with Gasteiger partial charge in [0, 0.05) is 11.1 Å². The van der Waals surface area contributed by atoms with Crippen LogP contribution in [0.15, 0.2) is 12.1 Å². The van der Waals surface area contributed by atoms with Gasteiger partial charge >= 0.3 is 0 Å². The molecule has 0 aliphatic heterocycles. The molecule has 2 rings (SSSR count). The highest BCUT2D eigenvalue weighted by atomic mass is 32.1. The zero-order valence-electron chi connectivity index (χ0n) is 11.5. The molecule has 19 heavy (non-hydrogen) atoms. The van der Waals surface area contributed by atoms with Gasteiger partial charge in [-0.15, -0.1) is 0 Å². The lowest BCUT2D eigenvalue weighted by atomic mass is 9.95. The van der Waals surface area contributed by atoms with Gasteiger partial charge in [-0.1, -0.05) is 32.1 Å². The smallest absolute Gasteiger partial charge is 0.229 e. The van der Waals surface area contributed by atoms with Crippen molar-refractivity contribution < 1.29 is 4.79 Å². The zero-order chi connectivity index (χ0) is 14.2. The normalized spacial score (nSPS) is 11.6. The molecule has 0 bridgehead atoms. The number of hydrazine groups is 1. The Balaban J connectivity index is 2.38. The number of nitrogen functional groups attached to an aromatic ring is 1. The largest absolute Gasteiger partial charge is 0.326 e. The van der Waals surface area contributed by atoms with Crippen LogP contribution in [0.1, 0.15) is 26.3 Å². The first-order valence-corrected chi connectivity index (χ1v) is 6.82. The number of rotatable bonds is 2. The van der Waals surface area contributed by atoms with Gasteiger partial charge in [0.25, 0.3) is 0 Å². The number of fused-ring (bicyclic) bond motifs is 1. The Morgan fingerprint density at radius 2 is 2.05 bits per heavy atom. The SMILES string of the molecule is Cc1cc(NC(=O)C(C)(C)C)cc2sc(NN)nc12. The van der Waals surface area contributed by atoms with E-state index in [1.165, 1.54) is 11.3 Å². The van der Waals surface area contributed by atoms with Gasteiger partial charge in [0.2, 0.25) is 5.91 Å². The molecule has 0 saturated heterocycles. The average Bonchev–Trinajstić information content (AvgIpc) is 2.71. The number of carbonyl (C=O) groups excluding carboxylic acids is 1. The zero-order valence-corrected chi connectivity index (χ0v) is 12.3. The Labute approximate surface area is 116 Å². The van der Waals surface area contributed by atoms with Crippen molar-refractivity contribution in [2.24, 2.45) is 11.3 Å². The first kappa shape index (κ1) is 13.8. The monoisotopic (exact) mass is 278 g/mol. The van der Waals surface area contributed by atoms with Crippen molar-refractivity contribution in [1.29, 1.82) is 0 Å². The summed E-state index contributed by atoms with van der Waals surface area (Å²) in [5.74, 6) is 5.36. The van der Waals surface area contributed by atoms with E-state index >= 15 is 0 Å². The third kappa shape index (κ3) is 2.85. The highest BCUT2D eigenvalue weighted by molar-refractivity contribution is 7.22. The highest BCUT2D eigenvalue weighted by Crippen LogP contribution is 2.31. The third-order valence-electron chi connectivity index (χ3n) is 2.75. The highest BCUT2D eigenvalue weighted by Gasteiger charge is 2.21. The topological polar surface area (TPSA) is 80.0 Å². The molecule has 5 nitrogen and oxygen atoms in total. The standard InChI is InChI=1S/C13H18N4OS/c1-7-5-8(15-11(18)13(2,3)4)6-9-10(7)16-12(17-14)19-9/h5-6H,14H2,1-4H3,(H,15,18)(H,16,17). The predicted molar refractivity (Wildman–Crippen MR) is 80.3 cm³/mol. The van der Waals surface area contributed by atoms with Gasteiger partial charge < -0.3 is 5.32 Å². The number of carbonyl (C=O) groups is 1. The van der Waals surface area contributed by atoms with Gasteiger partial charge in [0.05, 0.1) is 10.2 Å². The molecule has 1 aromatic carbocycles. The number of anilines is 2. The van der Waals surface area contributed by atoms with Gasteiger partial charge in [-0.3, -0.25) is 10.2 Å². The molecular weight excluding hydrogens is 260 g/mol. The Kier molecular flexibility index (Phi) is 3.47. The van der Waals surface area contributed by atoms with Gasteiger partial charge in [0.15, 0.2) is 5.13 Å². The number of amides is 1. The number of nitrogens with zero attached hydrogens (tertiary/aromatic N) is 1. The summed E-state index contributed by atoms with van der Waals surface area (Å²) in [6.45, 7) is 7.62. The van der Waals surface area contributed by atoms with Gasteiger partial charge in [-0.25, -0.2) is 10.8 Å². The van der Waals surface area contributed by atoms with E-state index in [4.69, 9.17) is 5.84 Å². The van der Waals surface area contributed by atoms with Crippen molar-refractivity contribution >= 4 is 38.3 Å². The van der Waals surface area contributed by atoms with E-state index in [9.17, 15) is 4.79 Å². The van der Waals surface area contributed by atoms with E-state index < -0.39 is 5.41 Å².